The molecule has 0 heterocycles. The predicted octanol–water partition coefficient (Wildman–Crippen LogP) is 2.92. The third kappa shape index (κ3) is 2.73. The summed E-state index contributed by atoms with van der Waals surface area (Å²) in [5.41, 5.74) is 0.951. The molecule has 1 rings (SSSR count). The molecule has 1 aromatic rings. The largest absolute Gasteiger partial charge is 0.497 e. The van der Waals surface area contributed by atoms with Gasteiger partial charge in [0.1, 0.15) is 5.75 Å². The Morgan fingerprint density at radius 2 is 2.21 bits per heavy atom. The van der Waals surface area contributed by atoms with Crippen LogP contribution in [-0.4, -0.2) is 20.0 Å². The molecule has 14 heavy (non-hydrogen) atoms. The van der Waals surface area contributed by atoms with Crippen LogP contribution in [0.15, 0.2) is 27.7 Å². The van der Waals surface area contributed by atoms with Crippen molar-refractivity contribution in [1.29, 1.82) is 0 Å². The Morgan fingerprint density at radius 3 is 2.79 bits per heavy atom. The van der Waals surface area contributed by atoms with Gasteiger partial charge in [0.2, 0.25) is 0 Å². The molecule has 0 fully saturated rings. The van der Waals surface area contributed by atoms with Gasteiger partial charge in [0.05, 0.1) is 18.6 Å². The molecule has 4 heteroatoms. The van der Waals surface area contributed by atoms with E-state index in [9.17, 15) is 0 Å². The van der Waals surface area contributed by atoms with Gasteiger partial charge in [0.15, 0.2) is 0 Å². The fourth-order valence-corrected chi connectivity index (χ4v) is 1.32. The molecule has 0 amide bonds. The number of anilines is 1. The third-order valence-corrected chi connectivity index (χ3v) is 2.52. The highest BCUT2D eigenvalue weighted by Gasteiger charge is 2.01. The van der Waals surface area contributed by atoms with Crippen molar-refractivity contribution in [2.24, 2.45) is 4.99 Å². The van der Waals surface area contributed by atoms with Gasteiger partial charge >= 0.3 is 0 Å². The number of benzene rings is 1. The molecule has 0 bridgehead atoms. The van der Waals surface area contributed by atoms with E-state index >= 15 is 0 Å². The molecule has 0 aromatic heterocycles. The van der Waals surface area contributed by atoms with Gasteiger partial charge in [-0.2, -0.15) is 0 Å². The van der Waals surface area contributed by atoms with Crippen LogP contribution < -0.4 is 10.1 Å². The van der Waals surface area contributed by atoms with Crippen molar-refractivity contribution in [2.45, 2.75) is 6.92 Å². The summed E-state index contributed by atoms with van der Waals surface area (Å²) >= 11 is 3.44. The van der Waals surface area contributed by atoms with Crippen LogP contribution in [0.5, 0.6) is 5.75 Å². The molecule has 1 N–H and O–H groups in total. The molecule has 0 aliphatic rings. The molecule has 0 atom stereocenters. The van der Waals surface area contributed by atoms with E-state index < -0.39 is 0 Å². The number of hydrogen-bond acceptors (Lipinski definition) is 2. The number of ether oxygens (including phenoxy) is 1. The summed E-state index contributed by atoms with van der Waals surface area (Å²) in [6, 6.07) is 5.75. The van der Waals surface area contributed by atoms with E-state index in [0.717, 1.165) is 21.7 Å². The van der Waals surface area contributed by atoms with E-state index in [-0.39, 0.29) is 0 Å². The smallest absolute Gasteiger partial charge is 0.121 e. The Hall–Kier alpha value is -1.03. The molecule has 0 aliphatic carbocycles. The molecule has 0 aliphatic heterocycles. The average molecular weight is 257 g/mol. The zero-order chi connectivity index (χ0) is 10.6. The number of nitrogens with one attached hydrogen (secondary N) is 1. The average Bonchev–Trinajstić information content (AvgIpc) is 2.21. The van der Waals surface area contributed by atoms with Crippen molar-refractivity contribution < 1.29 is 4.74 Å². The molecule has 0 saturated carbocycles. The lowest BCUT2D eigenvalue weighted by Crippen LogP contribution is -2.07. The Labute approximate surface area is 92.3 Å². The first kappa shape index (κ1) is 11.0. The molecular formula is C10H13BrN2O. The zero-order valence-electron chi connectivity index (χ0n) is 8.47. The van der Waals surface area contributed by atoms with Crippen LogP contribution in [0.25, 0.3) is 0 Å². The Morgan fingerprint density at radius 1 is 1.50 bits per heavy atom. The second-order valence-corrected chi connectivity index (χ2v) is 3.63. The van der Waals surface area contributed by atoms with Crippen LogP contribution in [0, 0.1) is 0 Å². The lowest BCUT2D eigenvalue weighted by atomic mass is 10.3. The Balaban J connectivity index is 2.95. The van der Waals surface area contributed by atoms with Crippen molar-refractivity contribution >= 4 is 27.5 Å². The van der Waals surface area contributed by atoms with Crippen molar-refractivity contribution in [3.63, 3.8) is 0 Å². The van der Waals surface area contributed by atoms with Crippen LogP contribution >= 0.6 is 15.9 Å². The Kier molecular flexibility index (Phi) is 3.95. The normalized spacial score (nSPS) is 11.3. The van der Waals surface area contributed by atoms with Crippen LogP contribution in [-0.2, 0) is 0 Å². The van der Waals surface area contributed by atoms with Gasteiger partial charge in [-0.15, -0.1) is 0 Å². The molecule has 76 valence electrons. The maximum absolute atomic E-state index is 5.12. The summed E-state index contributed by atoms with van der Waals surface area (Å²) in [6.07, 6.45) is 0. The molecule has 0 radical (unpaired) electrons. The minimum Gasteiger partial charge on any atom is -0.497 e. The first-order chi connectivity index (χ1) is 6.67. The minimum atomic E-state index is 0.819. The van der Waals surface area contributed by atoms with Gasteiger partial charge in [-0.25, -0.2) is 0 Å². The number of halogens is 1. The highest BCUT2D eigenvalue weighted by Crippen LogP contribution is 2.26. The number of methoxy groups -OCH3 is 1. The van der Waals surface area contributed by atoms with E-state index in [1.165, 1.54) is 0 Å². The zero-order valence-corrected chi connectivity index (χ0v) is 10.1. The lowest BCUT2D eigenvalue weighted by molar-refractivity contribution is 0.415. The molecule has 1 aromatic carbocycles. The van der Waals surface area contributed by atoms with E-state index in [0.29, 0.717) is 0 Å². The first-order valence-corrected chi connectivity index (χ1v) is 5.00. The summed E-state index contributed by atoms with van der Waals surface area (Å²) in [4.78, 5) is 4.02. The van der Waals surface area contributed by atoms with Gasteiger partial charge in [-0.05, 0) is 35.0 Å². The summed E-state index contributed by atoms with van der Waals surface area (Å²) < 4.78 is 6.11. The highest BCUT2D eigenvalue weighted by atomic mass is 79.9. The van der Waals surface area contributed by atoms with Crippen LogP contribution in [0.2, 0.25) is 0 Å². The van der Waals surface area contributed by atoms with E-state index in [4.69, 9.17) is 4.74 Å². The first-order valence-electron chi connectivity index (χ1n) is 4.21. The Bertz CT molecular complexity index is 350. The summed E-state index contributed by atoms with van der Waals surface area (Å²) in [6.45, 7) is 1.91. The third-order valence-electron chi connectivity index (χ3n) is 1.82. The lowest BCUT2D eigenvalue weighted by Gasteiger charge is -2.09. The number of amidine groups is 1. The van der Waals surface area contributed by atoms with Crippen molar-refractivity contribution in [3.05, 3.63) is 22.7 Å². The van der Waals surface area contributed by atoms with Gasteiger partial charge in [-0.1, -0.05) is 0 Å². The van der Waals surface area contributed by atoms with Crippen molar-refractivity contribution in [3.8, 4) is 5.75 Å². The maximum Gasteiger partial charge on any atom is 0.121 e. The number of nitrogens with zero attached hydrogens (tertiary/aromatic N) is 1. The van der Waals surface area contributed by atoms with E-state index in [2.05, 4.69) is 26.2 Å². The van der Waals surface area contributed by atoms with E-state index in [1.807, 2.05) is 25.1 Å². The summed E-state index contributed by atoms with van der Waals surface area (Å²) in [5.74, 6) is 1.68. The highest BCUT2D eigenvalue weighted by molar-refractivity contribution is 9.10. The van der Waals surface area contributed by atoms with Crippen molar-refractivity contribution in [2.75, 3.05) is 19.5 Å². The molecule has 0 spiro atoms. The number of rotatable bonds is 2. The summed E-state index contributed by atoms with van der Waals surface area (Å²) in [7, 11) is 3.39. The van der Waals surface area contributed by atoms with Gasteiger partial charge in [-0.3, -0.25) is 4.99 Å². The second-order valence-electron chi connectivity index (χ2n) is 2.78. The van der Waals surface area contributed by atoms with Crippen LogP contribution in [0.3, 0.4) is 0 Å². The molecule has 0 unspecified atom stereocenters. The number of aliphatic imine (C=N–C) groups is 1. The van der Waals surface area contributed by atoms with Crippen molar-refractivity contribution in [1.82, 2.24) is 0 Å². The summed E-state index contributed by atoms with van der Waals surface area (Å²) in [5, 5.41) is 3.16. The predicted molar refractivity (Wildman–Crippen MR) is 63.3 cm³/mol. The molecular weight excluding hydrogens is 244 g/mol. The van der Waals surface area contributed by atoms with E-state index in [1.54, 1.807) is 14.2 Å². The molecule has 0 saturated heterocycles. The second kappa shape index (κ2) is 5.00. The van der Waals surface area contributed by atoms with Gasteiger partial charge in [0, 0.05) is 17.6 Å². The van der Waals surface area contributed by atoms with Crippen LogP contribution in [0.1, 0.15) is 6.92 Å². The monoisotopic (exact) mass is 256 g/mol. The minimum absolute atomic E-state index is 0.819. The maximum atomic E-state index is 5.12. The van der Waals surface area contributed by atoms with Gasteiger partial charge < -0.3 is 10.1 Å². The fourth-order valence-electron chi connectivity index (χ4n) is 0.978. The number of hydrogen-bond donors (Lipinski definition) is 1. The SMILES string of the molecule is CN=C(C)Nc1cc(OC)ccc1Br. The topological polar surface area (TPSA) is 33.6 Å². The standard InChI is InChI=1S/C10H13BrN2O/c1-7(12-2)13-10-6-8(14-3)4-5-9(10)11/h4-6H,1-3H3,(H,12,13). The fraction of sp³-hybridized carbons (Fsp3) is 0.300. The van der Waals surface area contributed by atoms with Gasteiger partial charge in [0.25, 0.3) is 0 Å². The van der Waals surface area contributed by atoms with Crippen LogP contribution in [0.4, 0.5) is 5.69 Å². The quantitative estimate of drug-likeness (QED) is 0.652. The molecule has 3 nitrogen and oxygen atoms in total.